The van der Waals surface area contributed by atoms with Crippen molar-refractivity contribution in [3.05, 3.63) is 0 Å². The number of carboxylic acid groups (broad SMARTS) is 1. The summed E-state index contributed by atoms with van der Waals surface area (Å²) in [7, 11) is 0. The molecule has 2 nitrogen and oxygen atoms in total. The highest BCUT2D eigenvalue weighted by atomic mass is 19.1. The van der Waals surface area contributed by atoms with Crippen LogP contribution in [0.3, 0.4) is 0 Å². The van der Waals surface area contributed by atoms with Crippen LogP contribution in [0, 0.1) is 11.3 Å². The van der Waals surface area contributed by atoms with Gasteiger partial charge in [0, 0.05) is 5.92 Å². The predicted octanol–water partition coefficient (Wildman–Crippen LogP) is 3.02. The van der Waals surface area contributed by atoms with Gasteiger partial charge in [-0.15, -0.1) is 0 Å². The van der Waals surface area contributed by atoms with Crippen LogP contribution < -0.4 is 0 Å². The number of hydrogen-bond acceptors (Lipinski definition) is 1. The molecular weight excluding hydrogens is 183 g/mol. The van der Waals surface area contributed by atoms with Gasteiger partial charge in [-0.3, -0.25) is 0 Å². The third kappa shape index (κ3) is 2.96. The normalized spacial score (nSPS) is 29.2. The molecule has 1 aliphatic rings. The average molecular weight is 202 g/mol. The molecule has 0 spiro atoms. The summed E-state index contributed by atoms with van der Waals surface area (Å²) >= 11 is 0. The standard InChI is InChI=1S/C11H19FO2/c1-11(2)6-3-4-8(5-7-11)9(12)10(13)14/h8-9H,3-7H2,1-2H3,(H,13,14). The minimum Gasteiger partial charge on any atom is -0.479 e. The number of halogens is 1. The van der Waals surface area contributed by atoms with E-state index in [0.29, 0.717) is 6.42 Å². The Labute approximate surface area is 84.5 Å². The highest BCUT2D eigenvalue weighted by Crippen LogP contribution is 2.37. The maximum atomic E-state index is 13.2. The second-order valence-corrected chi connectivity index (χ2v) is 5.10. The van der Waals surface area contributed by atoms with E-state index in [-0.39, 0.29) is 11.3 Å². The van der Waals surface area contributed by atoms with Gasteiger partial charge in [-0.1, -0.05) is 20.3 Å². The van der Waals surface area contributed by atoms with E-state index in [1.165, 1.54) is 0 Å². The lowest BCUT2D eigenvalue weighted by Crippen LogP contribution is -2.25. The molecule has 0 aromatic rings. The molecule has 1 N–H and O–H groups in total. The molecule has 82 valence electrons. The van der Waals surface area contributed by atoms with E-state index in [4.69, 9.17) is 5.11 Å². The molecule has 1 rings (SSSR count). The van der Waals surface area contributed by atoms with Crippen LogP contribution in [0.15, 0.2) is 0 Å². The van der Waals surface area contributed by atoms with Crippen molar-refractivity contribution in [2.75, 3.05) is 0 Å². The summed E-state index contributed by atoms with van der Waals surface area (Å²) in [5.74, 6) is -1.57. The van der Waals surface area contributed by atoms with E-state index in [0.717, 1.165) is 25.7 Å². The zero-order valence-electron chi connectivity index (χ0n) is 8.92. The Kier molecular flexibility index (Phi) is 3.51. The first-order chi connectivity index (χ1) is 6.42. The van der Waals surface area contributed by atoms with Crippen molar-refractivity contribution in [3.63, 3.8) is 0 Å². The van der Waals surface area contributed by atoms with Gasteiger partial charge in [0.25, 0.3) is 0 Å². The zero-order chi connectivity index (χ0) is 10.8. The molecule has 0 saturated heterocycles. The average Bonchev–Trinajstić information content (AvgIpc) is 2.25. The lowest BCUT2D eigenvalue weighted by Gasteiger charge is -2.22. The second kappa shape index (κ2) is 4.28. The number of carbonyl (C=O) groups is 1. The van der Waals surface area contributed by atoms with Crippen LogP contribution in [0.4, 0.5) is 4.39 Å². The summed E-state index contributed by atoms with van der Waals surface area (Å²) in [4.78, 5) is 10.5. The van der Waals surface area contributed by atoms with Crippen molar-refractivity contribution >= 4 is 5.97 Å². The first kappa shape index (κ1) is 11.5. The van der Waals surface area contributed by atoms with E-state index in [1.807, 2.05) is 0 Å². The predicted molar refractivity (Wildman–Crippen MR) is 52.9 cm³/mol. The summed E-state index contributed by atoms with van der Waals surface area (Å²) < 4.78 is 13.2. The lowest BCUT2D eigenvalue weighted by molar-refractivity contribution is -0.145. The number of carboxylic acids is 1. The highest BCUT2D eigenvalue weighted by molar-refractivity contribution is 5.72. The van der Waals surface area contributed by atoms with Gasteiger partial charge in [0.1, 0.15) is 0 Å². The van der Waals surface area contributed by atoms with E-state index in [2.05, 4.69) is 13.8 Å². The molecule has 0 bridgehead atoms. The van der Waals surface area contributed by atoms with Crippen LogP contribution in [0.5, 0.6) is 0 Å². The first-order valence-electron chi connectivity index (χ1n) is 5.29. The maximum absolute atomic E-state index is 13.2. The summed E-state index contributed by atoms with van der Waals surface area (Å²) in [6, 6.07) is 0. The Morgan fingerprint density at radius 2 is 2.07 bits per heavy atom. The van der Waals surface area contributed by atoms with Gasteiger partial charge in [-0.2, -0.15) is 0 Å². The molecule has 1 saturated carbocycles. The third-order valence-electron chi connectivity index (χ3n) is 3.27. The molecule has 3 heteroatoms. The molecule has 1 fully saturated rings. The van der Waals surface area contributed by atoms with Gasteiger partial charge in [-0.25, -0.2) is 9.18 Å². The van der Waals surface area contributed by atoms with Crippen LogP contribution >= 0.6 is 0 Å². The van der Waals surface area contributed by atoms with Crippen LogP contribution in [-0.4, -0.2) is 17.2 Å². The van der Waals surface area contributed by atoms with Crippen molar-refractivity contribution in [3.8, 4) is 0 Å². The fraction of sp³-hybridized carbons (Fsp3) is 0.909. The molecule has 0 aromatic heterocycles. The Morgan fingerprint density at radius 3 is 2.64 bits per heavy atom. The first-order valence-corrected chi connectivity index (χ1v) is 5.29. The third-order valence-corrected chi connectivity index (χ3v) is 3.27. The maximum Gasteiger partial charge on any atom is 0.338 e. The number of alkyl halides is 1. The molecule has 0 aliphatic heterocycles. The van der Waals surface area contributed by atoms with Gasteiger partial charge in [-0.05, 0) is 31.1 Å². The Hall–Kier alpha value is -0.600. The van der Waals surface area contributed by atoms with Crippen molar-refractivity contribution in [1.82, 2.24) is 0 Å². The van der Waals surface area contributed by atoms with Crippen molar-refractivity contribution in [1.29, 1.82) is 0 Å². The van der Waals surface area contributed by atoms with E-state index in [1.54, 1.807) is 0 Å². The van der Waals surface area contributed by atoms with E-state index >= 15 is 0 Å². The molecule has 0 aromatic carbocycles. The fourth-order valence-corrected chi connectivity index (χ4v) is 2.18. The Balaban J connectivity index is 2.54. The smallest absolute Gasteiger partial charge is 0.338 e. The SMILES string of the molecule is CC1(C)CCCC(C(F)C(=O)O)CC1. The summed E-state index contributed by atoms with van der Waals surface area (Å²) in [6.45, 7) is 4.34. The molecule has 14 heavy (non-hydrogen) atoms. The number of aliphatic carboxylic acids is 1. The minimum atomic E-state index is -1.66. The zero-order valence-corrected chi connectivity index (χ0v) is 8.92. The summed E-state index contributed by atoms with van der Waals surface area (Å²) in [5, 5.41) is 8.58. The monoisotopic (exact) mass is 202 g/mol. The summed E-state index contributed by atoms with van der Waals surface area (Å²) in [5.41, 5.74) is 0.257. The minimum absolute atomic E-state index is 0.257. The van der Waals surface area contributed by atoms with Crippen LogP contribution in [0.25, 0.3) is 0 Å². The second-order valence-electron chi connectivity index (χ2n) is 5.10. The van der Waals surface area contributed by atoms with Crippen molar-refractivity contribution in [2.45, 2.75) is 52.1 Å². The molecule has 0 radical (unpaired) electrons. The molecule has 2 atom stereocenters. The highest BCUT2D eigenvalue weighted by Gasteiger charge is 2.32. The van der Waals surface area contributed by atoms with Crippen LogP contribution in [0.1, 0.15) is 46.0 Å². The van der Waals surface area contributed by atoms with Gasteiger partial charge in [0.05, 0.1) is 0 Å². The molecule has 1 aliphatic carbocycles. The van der Waals surface area contributed by atoms with Gasteiger partial charge in [0.15, 0.2) is 6.17 Å². The van der Waals surface area contributed by atoms with E-state index in [9.17, 15) is 9.18 Å². The van der Waals surface area contributed by atoms with Gasteiger partial charge < -0.3 is 5.11 Å². The van der Waals surface area contributed by atoms with Crippen molar-refractivity contribution < 1.29 is 14.3 Å². The Morgan fingerprint density at radius 1 is 1.43 bits per heavy atom. The molecular formula is C11H19FO2. The summed E-state index contributed by atoms with van der Waals surface area (Å²) in [6.07, 6.45) is 2.73. The molecule has 0 heterocycles. The van der Waals surface area contributed by atoms with Crippen LogP contribution in [0.2, 0.25) is 0 Å². The Bertz CT molecular complexity index is 213. The van der Waals surface area contributed by atoms with Crippen molar-refractivity contribution in [2.24, 2.45) is 11.3 Å². The van der Waals surface area contributed by atoms with Gasteiger partial charge in [0.2, 0.25) is 0 Å². The lowest BCUT2D eigenvalue weighted by atomic mass is 9.84. The number of hydrogen-bond donors (Lipinski definition) is 1. The molecule has 0 amide bonds. The van der Waals surface area contributed by atoms with Gasteiger partial charge >= 0.3 is 5.97 Å². The van der Waals surface area contributed by atoms with Crippen LogP contribution in [-0.2, 0) is 4.79 Å². The number of rotatable bonds is 2. The largest absolute Gasteiger partial charge is 0.479 e. The van der Waals surface area contributed by atoms with E-state index < -0.39 is 12.1 Å². The molecule has 2 unspecified atom stereocenters. The topological polar surface area (TPSA) is 37.3 Å². The quantitative estimate of drug-likeness (QED) is 0.699. The fourth-order valence-electron chi connectivity index (χ4n) is 2.18.